The molecule has 37 heavy (non-hydrogen) atoms. The number of carbonyl (C=O) groups is 2. The van der Waals surface area contributed by atoms with Crippen molar-refractivity contribution in [3.63, 3.8) is 0 Å². The molecule has 200 valence electrons. The molecule has 0 radical (unpaired) electrons. The van der Waals surface area contributed by atoms with Gasteiger partial charge in [0.05, 0.1) is 28.9 Å². The van der Waals surface area contributed by atoms with E-state index >= 15 is 0 Å². The van der Waals surface area contributed by atoms with Crippen molar-refractivity contribution in [2.24, 2.45) is 0 Å². The fourth-order valence-electron chi connectivity index (χ4n) is 4.43. The van der Waals surface area contributed by atoms with Gasteiger partial charge in [-0.2, -0.15) is 0 Å². The molecule has 2 aliphatic rings. The van der Waals surface area contributed by atoms with Gasteiger partial charge in [-0.05, 0) is 61.9 Å². The van der Waals surface area contributed by atoms with Crippen LogP contribution in [0.4, 0.5) is 0 Å². The Labute approximate surface area is 236 Å². The fraction of sp³-hybridized carbons (Fsp3) is 0.481. The number of hydrogen-bond acceptors (Lipinski definition) is 5. The molecule has 10 heteroatoms. The highest BCUT2D eigenvalue weighted by molar-refractivity contribution is 9.10. The second-order valence-electron chi connectivity index (χ2n) is 9.41. The highest BCUT2D eigenvalue weighted by Crippen LogP contribution is 2.31. The number of amides is 2. The second-order valence-corrected chi connectivity index (χ2v) is 11.1. The number of hydrogen-bond donors (Lipinski definition) is 0. The Morgan fingerprint density at radius 1 is 1.05 bits per heavy atom. The number of rotatable bonds is 7. The van der Waals surface area contributed by atoms with E-state index in [1.165, 1.54) is 11.3 Å². The third kappa shape index (κ3) is 7.83. The van der Waals surface area contributed by atoms with Crippen molar-refractivity contribution in [1.82, 2.24) is 9.80 Å². The number of carbonyl (C=O) groups excluding carboxylic acids is 2. The van der Waals surface area contributed by atoms with Crippen LogP contribution < -0.4 is 4.74 Å². The van der Waals surface area contributed by atoms with Gasteiger partial charge in [0.1, 0.15) is 11.5 Å². The zero-order valence-electron chi connectivity index (χ0n) is 20.8. The fourth-order valence-corrected chi connectivity index (χ4v) is 5.20. The van der Waals surface area contributed by atoms with E-state index < -0.39 is 11.8 Å². The molecule has 2 heterocycles. The van der Waals surface area contributed by atoms with Gasteiger partial charge in [-0.1, -0.05) is 45.2 Å². The van der Waals surface area contributed by atoms with Crippen LogP contribution in [0.1, 0.15) is 37.7 Å². The summed E-state index contributed by atoms with van der Waals surface area (Å²) in [5.41, 5.74) is 0.849. The van der Waals surface area contributed by atoms with Crippen molar-refractivity contribution in [1.29, 1.82) is 0 Å². The summed E-state index contributed by atoms with van der Waals surface area (Å²) in [4.78, 5) is 28.8. The highest BCUT2D eigenvalue weighted by Gasteiger charge is 2.30. The average Bonchev–Trinajstić information content (AvgIpc) is 2.91. The third-order valence-corrected chi connectivity index (χ3v) is 8.09. The monoisotopic (exact) mass is 612 g/mol. The molecule has 1 atom stereocenters. The summed E-state index contributed by atoms with van der Waals surface area (Å²) in [6.07, 6.45) is 5.08. The minimum atomic E-state index is -0.530. The van der Waals surface area contributed by atoms with E-state index in [9.17, 15) is 9.59 Å². The number of halogens is 3. The molecule has 0 spiro atoms. The molecular weight excluding hydrogens is 583 g/mol. The normalized spacial score (nSPS) is 18.5. The average molecular weight is 614 g/mol. The van der Waals surface area contributed by atoms with E-state index in [4.69, 9.17) is 37.4 Å². The van der Waals surface area contributed by atoms with Gasteiger partial charge in [-0.15, -0.1) is 0 Å². The van der Waals surface area contributed by atoms with E-state index in [0.29, 0.717) is 41.2 Å². The van der Waals surface area contributed by atoms with Gasteiger partial charge in [0, 0.05) is 43.8 Å². The van der Waals surface area contributed by atoms with E-state index in [1.54, 1.807) is 42.3 Å². The van der Waals surface area contributed by atoms with E-state index in [2.05, 4.69) is 15.9 Å². The van der Waals surface area contributed by atoms with Crippen LogP contribution in [0, 0.1) is 0 Å². The maximum Gasteiger partial charge on any atom is 0.312 e. The summed E-state index contributed by atoms with van der Waals surface area (Å²) in [5.74, 6) is 0.146. The van der Waals surface area contributed by atoms with Crippen molar-refractivity contribution in [2.75, 3.05) is 33.4 Å². The predicted molar refractivity (Wildman–Crippen MR) is 146 cm³/mol. The van der Waals surface area contributed by atoms with Crippen molar-refractivity contribution in [3.05, 3.63) is 56.5 Å². The van der Waals surface area contributed by atoms with Crippen LogP contribution >= 0.6 is 39.1 Å². The van der Waals surface area contributed by atoms with Crippen LogP contribution in [-0.2, 0) is 25.6 Å². The predicted octanol–water partition coefficient (Wildman–Crippen LogP) is 6.08. The Balaban J connectivity index is 1.25. The first-order chi connectivity index (χ1) is 17.8. The number of benzene rings is 2. The van der Waals surface area contributed by atoms with Crippen LogP contribution in [-0.4, -0.2) is 67.2 Å². The van der Waals surface area contributed by atoms with Crippen LogP contribution in [0.3, 0.4) is 0 Å². The van der Waals surface area contributed by atoms with Crippen LogP contribution in [0.15, 0.2) is 40.9 Å². The standard InChI is InChI=1S/C27H31BrCl2N2O5/c1-31(16-18-5-6-20(14-23(18)28)37-21-7-8-24(29)25(30)15-21)26(33)27(34)32-11-9-19(10-12-32)36-17-22-4-2-3-13-35-22/h5-8,14-15,19,22H,2-4,9-13,16-17H2,1H3. The molecule has 7 nitrogen and oxygen atoms in total. The molecule has 2 aromatic rings. The van der Waals surface area contributed by atoms with Crippen molar-refractivity contribution in [3.8, 4) is 11.5 Å². The number of piperidine rings is 1. The molecule has 4 rings (SSSR count). The van der Waals surface area contributed by atoms with Crippen molar-refractivity contribution >= 4 is 50.9 Å². The molecule has 2 saturated heterocycles. The Morgan fingerprint density at radius 3 is 2.46 bits per heavy atom. The molecule has 2 aromatic carbocycles. The maximum absolute atomic E-state index is 12.9. The Hall–Kier alpha value is -1.84. The van der Waals surface area contributed by atoms with Crippen LogP contribution in [0.2, 0.25) is 10.0 Å². The van der Waals surface area contributed by atoms with Gasteiger partial charge in [0.2, 0.25) is 0 Å². The SMILES string of the molecule is CN(Cc1ccc(Oc2ccc(Cl)c(Cl)c2)cc1Br)C(=O)C(=O)N1CCC(OCC2CCCCO2)CC1. The lowest BCUT2D eigenvalue weighted by molar-refractivity contribution is -0.153. The lowest BCUT2D eigenvalue weighted by Gasteiger charge is -2.33. The summed E-state index contributed by atoms with van der Waals surface area (Å²) in [5, 5.41) is 0.862. The lowest BCUT2D eigenvalue weighted by atomic mass is 10.1. The Morgan fingerprint density at radius 2 is 1.78 bits per heavy atom. The number of nitrogens with zero attached hydrogens (tertiary/aromatic N) is 2. The summed E-state index contributed by atoms with van der Waals surface area (Å²) >= 11 is 15.6. The minimum absolute atomic E-state index is 0.1000. The Kier molecular flexibility index (Phi) is 10.1. The van der Waals surface area contributed by atoms with Gasteiger partial charge < -0.3 is 24.0 Å². The summed E-state index contributed by atoms with van der Waals surface area (Å²) < 4.78 is 18.4. The third-order valence-electron chi connectivity index (χ3n) is 6.61. The zero-order valence-corrected chi connectivity index (χ0v) is 23.9. The topological polar surface area (TPSA) is 68.3 Å². The quantitative estimate of drug-likeness (QED) is 0.354. The first-order valence-corrected chi connectivity index (χ1v) is 14.0. The van der Waals surface area contributed by atoms with Gasteiger partial charge in [0.25, 0.3) is 0 Å². The number of ether oxygens (including phenoxy) is 3. The molecular formula is C27H31BrCl2N2O5. The summed E-state index contributed by atoms with van der Waals surface area (Å²) in [7, 11) is 1.63. The summed E-state index contributed by atoms with van der Waals surface area (Å²) in [6.45, 7) is 2.72. The Bertz CT molecular complexity index is 1100. The maximum atomic E-state index is 12.9. The van der Waals surface area contributed by atoms with E-state index in [1.807, 2.05) is 6.07 Å². The lowest BCUT2D eigenvalue weighted by Crippen LogP contribution is -2.48. The highest BCUT2D eigenvalue weighted by atomic mass is 79.9. The molecule has 0 N–H and O–H groups in total. The molecule has 2 amide bonds. The largest absolute Gasteiger partial charge is 0.457 e. The van der Waals surface area contributed by atoms with Gasteiger partial charge in [0.15, 0.2) is 0 Å². The number of likely N-dealkylation sites (N-methyl/N-ethyl adjacent to an activating group) is 1. The smallest absolute Gasteiger partial charge is 0.312 e. The van der Waals surface area contributed by atoms with Gasteiger partial charge in [-0.3, -0.25) is 9.59 Å². The van der Waals surface area contributed by atoms with Crippen molar-refractivity contribution in [2.45, 2.75) is 50.9 Å². The summed E-state index contributed by atoms with van der Waals surface area (Å²) in [6, 6.07) is 10.5. The van der Waals surface area contributed by atoms with E-state index in [-0.39, 0.29) is 18.8 Å². The second kappa shape index (κ2) is 13.3. The van der Waals surface area contributed by atoms with Crippen LogP contribution in [0.5, 0.6) is 11.5 Å². The van der Waals surface area contributed by atoms with Gasteiger partial charge >= 0.3 is 11.8 Å². The molecule has 0 aromatic heterocycles. The molecule has 2 fully saturated rings. The first kappa shape index (κ1) is 28.2. The van der Waals surface area contributed by atoms with Crippen LogP contribution in [0.25, 0.3) is 0 Å². The molecule has 1 unspecified atom stereocenters. The molecule has 2 aliphatic heterocycles. The molecule has 0 saturated carbocycles. The molecule has 0 bridgehead atoms. The minimum Gasteiger partial charge on any atom is -0.457 e. The zero-order chi connectivity index (χ0) is 26.4. The molecule has 0 aliphatic carbocycles. The first-order valence-electron chi connectivity index (χ1n) is 12.5. The van der Waals surface area contributed by atoms with E-state index in [0.717, 1.165) is 42.3 Å². The van der Waals surface area contributed by atoms with Gasteiger partial charge in [-0.25, -0.2) is 0 Å². The van der Waals surface area contributed by atoms with Crippen molar-refractivity contribution < 1.29 is 23.8 Å². The number of likely N-dealkylation sites (tertiary alicyclic amines) is 1.